The Bertz CT molecular complexity index is 732. The first kappa shape index (κ1) is 15.0. The number of aromatic nitrogens is 1. The molecule has 4 nitrogen and oxygen atoms in total. The lowest BCUT2D eigenvalue weighted by molar-refractivity contribution is 0.0694. The molecule has 0 aliphatic carbocycles. The zero-order valence-electron chi connectivity index (χ0n) is 11.9. The van der Waals surface area contributed by atoms with Crippen LogP contribution in [0.4, 0.5) is 4.39 Å². The SMILES string of the molecule is Cc1cc(=O)n(CCc2ccc(F)cc2)c(C)c1C(=O)O. The molecule has 0 radical (unpaired) electrons. The van der Waals surface area contributed by atoms with Crippen LogP contribution >= 0.6 is 0 Å². The van der Waals surface area contributed by atoms with E-state index in [1.165, 1.54) is 22.8 Å². The van der Waals surface area contributed by atoms with E-state index in [1.807, 2.05) is 0 Å². The Morgan fingerprint density at radius 3 is 2.43 bits per heavy atom. The highest BCUT2D eigenvalue weighted by Crippen LogP contribution is 2.12. The molecule has 1 aromatic carbocycles. The molecule has 0 aliphatic rings. The van der Waals surface area contributed by atoms with Crippen LogP contribution in [-0.2, 0) is 13.0 Å². The van der Waals surface area contributed by atoms with Gasteiger partial charge in [0.2, 0.25) is 0 Å². The fraction of sp³-hybridized carbons (Fsp3) is 0.250. The number of carbonyl (C=O) groups is 1. The number of halogens is 1. The maximum atomic E-state index is 12.8. The topological polar surface area (TPSA) is 59.3 Å². The molecule has 0 spiro atoms. The minimum atomic E-state index is -1.04. The van der Waals surface area contributed by atoms with E-state index in [0.29, 0.717) is 24.2 Å². The summed E-state index contributed by atoms with van der Waals surface area (Å²) in [5.41, 5.74) is 1.73. The Hall–Kier alpha value is -2.43. The highest BCUT2D eigenvalue weighted by Gasteiger charge is 2.15. The zero-order valence-corrected chi connectivity index (χ0v) is 11.9. The number of benzene rings is 1. The first-order chi connectivity index (χ1) is 9.90. The van der Waals surface area contributed by atoms with Gasteiger partial charge in [-0.15, -0.1) is 0 Å². The molecule has 2 aromatic rings. The Balaban J connectivity index is 2.32. The summed E-state index contributed by atoms with van der Waals surface area (Å²) in [6, 6.07) is 7.37. The van der Waals surface area contributed by atoms with Crippen LogP contribution in [0, 0.1) is 19.7 Å². The zero-order chi connectivity index (χ0) is 15.6. The van der Waals surface area contributed by atoms with Gasteiger partial charge in [0.25, 0.3) is 5.56 Å². The molecule has 5 heteroatoms. The summed E-state index contributed by atoms with van der Waals surface area (Å²) in [4.78, 5) is 23.3. The van der Waals surface area contributed by atoms with Crippen LogP contribution in [-0.4, -0.2) is 15.6 Å². The van der Waals surface area contributed by atoms with Gasteiger partial charge in [0.15, 0.2) is 0 Å². The Labute approximate surface area is 121 Å². The van der Waals surface area contributed by atoms with E-state index in [1.54, 1.807) is 26.0 Å². The van der Waals surface area contributed by atoms with Gasteiger partial charge in [-0.25, -0.2) is 9.18 Å². The normalized spacial score (nSPS) is 10.6. The molecule has 2 rings (SSSR count). The number of aromatic carboxylic acids is 1. The summed E-state index contributed by atoms with van der Waals surface area (Å²) in [6.45, 7) is 3.60. The minimum absolute atomic E-state index is 0.161. The molecule has 0 amide bonds. The van der Waals surface area contributed by atoms with Crippen LogP contribution in [0.5, 0.6) is 0 Å². The van der Waals surface area contributed by atoms with Crippen molar-refractivity contribution in [3.05, 3.63) is 68.9 Å². The van der Waals surface area contributed by atoms with Gasteiger partial charge in [0.05, 0.1) is 5.56 Å². The fourth-order valence-electron chi connectivity index (χ4n) is 2.41. The molecule has 1 aromatic heterocycles. The molecule has 0 saturated heterocycles. The van der Waals surface area contributed by atoms with Crippen molar-refractivity contribution in [2.24, 2.45) is 0 Å². The first-order valence-electron chi connectivity index (χ1n) is 6.59. The number of nitrogens with zero attached hydrogens (tertiary/aromatic N) is 1. The molecule has 0 saturated carbocycles. The average molecular weight is 289 g/mol. The van der Waals surface area contributed by atoms with Crippen LogP contribution in [0.25, 0.3) is 0 Å². The van der Waals surface area contributed by atoms with Crippen molar-refractivity contribution >= 4 is 5.97 Å². The van der Waals surface area contributed by atoms with Crippen LogP contribution in [0.1, 0.15) is 27.2 Å². The van der Waals surface area contributed by atoms with Gasteiger partial charge in [0, 0.05) is 18.3 Å². The number of rotatable bonds is 4. The number of hydrogen-bond acceptors (Lipinski definition) is 2. The van der Waals surface area contributed by atoms with E-state index >= 15 is 0 Å². The lowest BCUT2D eigenvalue weighted by Crippen LogP contribution is -2.26. The molecule has 1 heterocycles. The van der Waals surface area contributed by atoms with Crippen molar-refractivity contribution in [1.29, 1.82) is 0 Å². The number of carboxylic acids is 1. The van der Waals surface area contributed by atoms with Gasteiger partial charge in [0.1, 0.15) is 5.82 Å². The van der Waals surface area contributed by atoms with Crippen molar-refractivity contribution in [1.82, 2.24) is 4.57 Å². The average Bonchev–Trinajstić information content (AvgIpc) is 2.39. The quantitative estimate of drug-likeness (QED) is 0.941. The number of aryl methyl sites for hydroxylation is 2. The van der Waals surface area contributed by atoms with Crippen LogP contribution < -0.4 is 5.56 Å². The highest BCUT2D eigenvalue weighted by atomic mass is 19.1. The van der Waals surface area contributed by atoms with E-state index in [-0.39, 0.29) is 16.9 Å². The predicted molar refractivity (Wildman–Crippen MR) is 77.2 cm³/mol. The second-order valence-electron chi connectivity index (χ2n) is 4.96. The summed E-state index contributed by atoms with van der Waals surface area (Å²) >= 11 is 0. The molecule has 0 aliphatic heterocycles. The molecule has 1 N–H and O–H groups in total. The molecule has 0 atom stereocenters. The van der Waals surface area contributed by atoms with Crippen LogP contribution in [0.15, 0.2) is 35.1 Å². The maximum absolute atomic E-state index is 12.8. The van der Waals surface area contributed by atoms with E-state index in [0.717, 1.165) is 5.56 Å². The van der Waals surface area contributed by atoms with Gasteiger partial charge in [-0.1, -0.05) is 12.1 Å². The lowest BCUT2D eigenvalue weighted by Gasteiger charge is -2.14. The van der Waals surface area contributed by atoms with Gasteiger partial charge in [-0.3, -0.25) is 4.79 Å². The lowest BCUT2D eigenvalue weighted by atomic mass is 10.1. The van der Waals surface area contributed by atoms with Crippen LogP contribution in [0.3, 0.4) is 0 Å². The minimum Gasteiger partial charge on any atom is -0.478 e. The maximum Gasteiger partial charge on any atom is 0.337 e. The predicted octanol–water partition coefficient (Wildman–Crippen LogP) is 2.55. The van der Waals surface area contributed by atoms with Gasteiger partial charge >= 0.3 is 5.97 Å². The van der Waals surface area contributed by atoms with Gasteiger partial charge in [-0.05, 0) is 43.5 Å². The first-order valence-corrected chi connectivity index (χ1v) is 6.59. The number of carboxylic acid groups (broad SMARTS) is 1. The summed E-state index contributed by atoms with van der Waals surface area (Å²) < 4.78 is 14.3. The van der Waals surface area contributed by atoms with E-state index in [4.69, 9.17) is 0 Å². The van der Waals surface area contributed by atoms with E-state index in [2.05, 4.69) is 0 Å². The largest absolute Gasteiger partial charge is 0.478 e. The second kappa shape index (κ2) is 5.91. The summed E-state index contributed by atoms with van der Waals surface area (Å²) in [6.07, 6.45) is 0.531. The Morgan fingerprint density at radius 2 is 1.86 bits per heavy atom. The van der Waals surface area contributed by atoms with Crippen molar-refractivity contribution in [3.8, 4) is 0 Å². The molecule has 0 fully saturated rings. The number of pyridine rings is 1. The second-order valence-corrected chi connectivity index (χ2v) is 4.96. The highest BCUT2D eigenvalue weighted by molar-refractivity contribution is 5.90. The van der Waals surface area contributed by atoms with Crippen molar-refractivity contribution in [2.45, 2.75) is 26.8 Å². The van der Waals surface area contributed by atoms with Crippen LogP contribution in [0.2, 0.25) is 0 Å². The van der Waals surface area contributed by atoms with Gasteiger partial charge < -0.3 is 9.67 Å². The van der Waals surface area contributed by atoms with Gasteiger partial charge in [-0.2, -0.15) is 0 Å². The fourth-order valence-corrected chi connectivity index (χ4v) is 2.41. The molecule has 0 bridgehead atoms. The molecule has 110 valence electrons. The third kappa shape index (κ3) is 3.18. The van der Waals surface area contributed by atoms with E-state index in [9.17, 15) is 19.1 Å². The third-order valence-corrected chi connectivity index (χ3v) is 3.52. The van der Waals surface area contributed by atoms with Crippen molar-refractivity contribution < 1.29 is 14.3 Å². The Morgan fingerprint density at radius 1 is 1.24 bits per heavy atom. The molecule has 0 unspecified atom stereocenters. The third-order valence-electron chi connectivity index (χ3n) is 3.52. The molecular formula is C16H16FNO3. The molecular weight excluding hydrogens is 273 g/mol. The standard InChI is InChI=1S/C16H16FNO3/c1-10-9-14(19)18(11(2)15(10)16(20)21)8-7-12-3-5-13(17)6-4-12/h3-6,9H,7-8H2,1-2H3,(H,20,21). The number of hydrogen-bond donors (Lipinski definition) is 1. The summed E-state index contributed by atoms with van der Waals surface area (Å²) in [5.74, 6) is -1.35. The monoisotopic (exact) mass is 289 g/mol. The summed E-state index contributed by atoms with van der Waals surface area (Å²) in [5, 5.41) is 9.22. The smallest absolute Gasteiger partial charge is 0.337 e. The van der Waals surface area contributed by atoms with Crippen molar-refractivity contribution in [3.63, 3.8) is 0 Å². The summed E-state index contributed by atoms with van der Waals surface area (Å²) in [7, 11) is 0. The van der Waals surface area contributed by atoms with Crippen molar-refractivity contribution in [2.75, 3.05) is 0 Å². The van der Waals surface area contributed by atoms with E-state index < -0.39 is 5.97 Å². The molecule has 21 heavy (non-hydrogen) atoms. The Kier molecular flexibility index (Phi) is 4.21.